The number of rotatable bonds is 11. The van der Waals surface area contributed by atoms with Gasteiger partial charge in [-0.3, -0.25) is 0 Å². The van der Waals surface area contributed by atoms with Crippen molar-refractivity contribution in [3.8, 4) is 0 Å². The van der Waals surface area contributed by atoms with E-state index >= 15 is 0 Å². The fourth-order valence-electron chi connectivity index (χ4n) is 4.83. The summed E-state index contributed by atoms with van der Waals surface area (Å²) in [6.45, 7) is 4.73. The number of nitrogen functional groups attached to an aromatic ring is 1. The first-order valence-electron chi connectivity index (χ1n) is 12.9. The highest BCUT2D eigenvalue weighted by Gasteiger charge is 2.44. The lowest BCUT2D eigenvalue weighted by Crippen LogP contribution is -2.51. The number of benzene rings is 2. The molecule has 0 spiro atoms. The van der Waals surface area contributed by atoms with Gasteiger partial charge in [0, 0.05) is 25.4 Å². The largest absolute Gasteiger partial charge is 0.419 e. The summed E-state index contributed by atoms with van der Waals surface area (Å²) in [5.74, 6) is -0.0258. The van der Waals surface area contributed by atoms with Crippen LogP contribution >= 0.6 is 0 Å². The summed E-state index contributed by atoms with van der Waals surface area (Å²) in [6.07, 6.45) is -1.75. The van der Waals surface area contributed by atoms with Crippen molar-refractivity contribution < 1.29 is 32.5 Å². The molecule has 2 aromatic carbocycles. The number of nitrogens with two attached hydrogens (primary N) is 1. The molecule has 0 bridgehead atoms. The molecule has 10 nitrogen and oxygen atoms in total. The second-order valence-corrected chi connectivity index (χ2v) is 12.2. The number of carbonyl (C=O) groups is 1. The van der Waals surface area contributed by atoms with Crippen molar-refractivity contribution >= 4 is 21.8 Å². The zero-order valence-electron chi connectivity index (χ0n) is 21.7. The van der Waals surface area contributed by atoms with Gasteiger partial charge in [-0.1, -0.05) is 44.2 Å². The van der Waals surface area contributed by atoms with E-state index in [0.29, 0.717) is 18.9 Å². The van der Waals surface area contributed by atoms with E-state index in [1.807, 2.05) is 44.2 Å². The first-order valence-corrected chi connectivity index (χ1v) is 14.4. The maximum Gasteiger partial charge on any atom is 0.409 e. The van der Waals surface area contributed by atoms with E-state index in [4.69, 9.17) is 19.9 Å². The van der Waals surface area contributed by atoms with Crippen LogP contribution in [0.1, 0.15) is 25.8 Å². The van der Waals surface area contributed by atoms with Gasteiger partial charge < -0.3 is 30.4 Å². The minimum atomic E-state index is -3.93. The van der Waals surface area contributed by atoms with Gasteiger partial charge in [0.15, 0.2) is 0 Å². The van der Waals surface area contributed by atoms with Crippen LogP contribution in [0.15, 0.2) is 59.5 Å². The van der Waals surface area contributed by atoms with E-state index in [1.54, 1.807) is 0 Å². The van der Waals surface area contributed by atoms with Crippen LogP contribution in [-0.2, 0) is 30.7 Å². The Morgan fingerprint density at radius 3 is 2.53 bits per heavy atom. The molecule has 4 rings (SSSR count). The third kappa shape index (κ3) is 7.03. The summed E-state index contributed by atoms with van der Waals surface area (Å²) in [5, 5.41) is 14.1. The molecule has 2 aliphatic heterocycles. The normalized spacial score (nSPS) is 22.8. The van der Waals surface area contributed by atoms with E-state index in [0.717, 1.165) is 12.0 Å². The lowest BCUT2D eigenvalue weighted by molar-refractivity contribution is -0.0921. The summed E-state index contributed by atoms with van der Waals surface area (Å²) >= 11 is 0. The molecule has 2 fully saturated rings. The average molecular weight is 548 g/mol. The van der Waals surface area contributed by atoms with Crippen molar-refractivity contribution in [2.24, 2.45) is 11.8 Å². The van der Waals surface area contributed by atoms with E-state index in [1.165, 1.54) is 28.6 Å². The number of hydrogen-bond donors (Lipinski definition) is 3. The lowest BCUT2D eigenvalue weighted by Gasteiger charge is -2.31. The smallest absolute Gasteiger partial charge is 0.409 e. The SMILES string of the molecule is CC(C)CN(C[C@@H](O)[C@H](Cc1ccccc1)NC(=O)O[C@H]1OC[C@H]2OCC[C@@H]12)S(=O)(=O)c1ccc(N)cc1. The molecule has 208 valence electrons. The molecule has 0 radical (unpaired) electrons. The maximum atomic E-state index is 13.5. The summed E-state index contributed by atoms with van der Waals surface area (Å²) in [7, 11) is -3.93. The Morgan fingerprint density at radius 2 is 1.84 bits per heavy atom. The molecular formula is C27H37N3O7S. The molecule has 2 saturated heterocycles. The molecule has 38 heavy (non-hydrogen) atoms. The number of hydrogen-bond acceptors (Lipinski definition) is 8. The molecule has 2 aliphatic rings. The fraction of sp³-hybridized carbons (Fsp3) is 0.519. The Bertz CT molecular complexity index is 1160. The highest BCUT2D eigenvalue weighted by atomic mass is 32.2. The predicted molar refractivity (Wildman–Crippen MR) is 142 cm³/mol. The molecule has 11 heteroatoms. The molecule has 0 aromatic heterocycles. The highest BCUT2D eigenvalue weighted by Crippen LogP contribution is 2.33. The molecule has 0 aliphatic carbocycles. The molecule has 0 unspecified atom stereocenters. The first-order chi connectivity index (χ1) is 18.1. The Kier molecular flexibility index (Phi) is 9.27. The number of nitrogens with zero attached hydrogens (tertiary/aromatic N) is 1. The van der Waals surface area contributed by atoms with Crippen molar-refractivity contribution in [2.75, 3.05) is 32.0 Å². The maximum absolute atomic E-state index is 13.5. The highest BCUT2D eigenvalue weighted by molar-refractivity contribution is 7.89. The van der Waals surface area contributed by atoms with E-state index in [9.17, 15) is 18.3 Å². The topological polar surface area (TPSA) is 140 Å². The Morgan fingerprint density at radius 1 is 1.13 bits per heavy atom. The third-order valence-electron chi connectivity index (χ3n) is 6.80. The summed E-state index contributed by atoms with van der Waals surface area (Å²) in [4.78, 5) is 13.0. The molecule has 5 atom stereocenters. The monoisotopic (exact) mass is 547 g/mol. The number of ether oxygens (including phenoxy) is 3. The van der Waals surface area contributed by atoms with Crippen molar-refractivity contribution in [2.45, 2.75) is 56.1 Å². The van der Waals surface area contributed by atoms with E-state index < -0.39 is 34.6 Å². The summed E-state index contributed by atoms with van der Waals surface area (Å²) in [6, 6.07) is 14.5. The van der Waals surface area contributed by atoms with Crippen molar-refractivity contribution in [3.05, 3.63) is 60.2 Å². The minimum Gasteiger partial charge on any atom is -0.419 e. The summed E-state index contributed by atoms with van der Waals surface area (Å²) in [5.41, 5.74) is 7.06. The molecule has 2 heterocycles. The van der Waals surface area contributed by atoms with E-state index in [-0.39, 0.29) is 42.3 Å². The van der Waals surface area contributed by atoms with Crippen LogP contribution in [0.3, 0.4) is 0 Å². The average Bonchev–Trinajstić information content (AvgIpc) is 3.49. The number of alkyl carbamates (subject to hydrolysis) is 1. The van der Waals surface area contributed by atoms with Gasteiger partial charge in [0.1, 0.15) is 0 Å². The second-order valence-electron chi connectivity index (χ2n) is 10.3. The number of amides is 1. The number of aliphatic hydroxyl groups is 1. The fourth-order valence-corrected chi connectivity index (χ4v) is 6.45. The quantitative estimate of drug-likeness (QED) is 0.364. The number of sulfonamides is 1. The van der Waals surface area contributed by atoms with Crippen LogP contribution < -0.4 is 11.1 Å². The second kappa shape index (κ2) is 12.4. The van der Waals surface area contributed by atoms with Gasteiger partial charge in [-0.05, 0) is 48.6 Å². The van der Waals surface area contributed by atoms with Crippen LogP contribution in [0, 0.1) is 11.8 Å². The number of anilines is 1. The number of aliphatic hydroxyl groups excluding tert-OH is 1. The molecule has 4 N–H and O–H groups in total. The van der Waals surface area contributed by atoms with Crippen LogP contribution in [0.5, 0.6) is 0 Å². The first kappa shape index (κ1) is 28.3. The molecule has 2 aromatic rings. The number of fused-ring (bicyclic) bond motifs is 1. The zero-order chi connectivity index (χ0) is 27.3. The van der Waals surface area contributed by atoms with Gasteiger partial charge in [-0.15, -0.1) is 0 Å². The summed E-state index contributed by atoms with van der Waals surface area (Å²) < 4.78 is 45.0. The lowest BCUT2D eigenvalue weighted by atomic mass is 10.0. The van der Waals surface area contributed by atoms with Gasteiger partial charge in [0.05, 0.1) is 35.7 Å². The molecule has 0 saturated carbocycles. The third-order valence-corrected chi connectivity index (χ3v) is 8.65. The molecular weight excluding hydrogens is 510 g/mol. The zero-order valence-corrected chi connectivity index (χ0v) is 22.5. The minimum absolute atomic E-state index is 0.00246. The van der Waals surface area contributed by atoms with Gasteiger partial charge >= 0.3 is 6.09 Å². The van der Waals surface area contributed by atoms with Crippen LogP contribution in [0.25, 0.3) is 0 Å². The standard InChI is InChI=1S/C27H37N3O7S/c1-18(2)15-30(38(33,34)21-10-8-20(28)9-11-21)16-24(31)23(14-19-6-4-3-5-7-19)29-27(32)37-26-22-12-13-35-25(22)17-36-26/h3-11,18,22-26,31H,12-17,28H2,1-2H3,(H,29,32)/t22-,23+,24-,25-,26-/m1/s1. The predicted octanol–water partition coefficient (Wildman–Crippen LogP) is 2.38. The van der Waals surface area contributed by atoms with Crippen LogP contribution in [-0.4, -0.2) is 74.8 Å². The van der Waals surface area contributed by atoms with Gasteiger partial charge in [-0.2, -0.15) is 4.31 Å². The number of nitrogens with one attached hydrogen (secondary N) is 1. The molecule has 1 amide bonds. The van der Waals surface area contributed by atoms with Crippen molar-refractivity contribution in [1.29, 1.82) is 0 Å². The Labute approximate surface area is 224 Å². The van der Waals surface area contributed by atoms with Crippen LogP contribution in [0.4, 0.5) is 10.5 Å². The van der Waals surface area contributed by atoms with Crippen molar-refractivity contribution in [1.82, 2.24) is 9.62 Å². The Hall–Kier alpha value is -2.70. The van der Waals surface area contributed by atoms with E-state index in [2.05, 4.69) is 5.32 Å². The van der Waals surface area contributed by atoms with Crippen molar-refractivity contribution in [3.63, 3.8) is 0 Å². The number of carbonyl (C=O) groups excluding carboxylic acids is 1. The van der Waals surface area contributed by atoms with Gasteiger partial charge in [0.2, 0.25) is 16.3 Å². The van der Waals surface area contributed by atoms with Gasteiger partial charge in [0.25, 0.3) is 0 Å². The van der Waals surface area contributed by atoms with Crippen LogP contribution in [0.2, 0.25) is 0 Å². The van der Waals surface area contributed by atoms with Gasteiger partial charge in [-0.25, -0.2) is 13.2 Å². The Balaban J connectivity index is 1.51.